The minimum Gasteiger partial charge on any atom is -0.333 e. The monoisotopic (exact) mass is 226 g/mol. The first-order valence-electron chi connectivity index (χ1n) is 4.77. The molecule has 0 aliphatic rings. The predicted octanol–water partition coefficient (Wildman–Crippen LogP) is 1.10. The number of nitrogens with one attached hydrogen (secondary N) is 1. The molecule has 0 spiro atoms. The van der Waals surface area contributed by atoms with E-state index in [2.05, 4.69) is 10.4 Å². The van der Waals surface area contributed by atoms with Gasteiger partial charge in [-0.05, 0) is 13.3 Å². The molecule has 0 aliphatic heterocycles. The molecule has 0 aromatic carbocycles. The van der Waals surface area contributed by atoms with E-state index in [4.69, 9.17) is 5.84 Å². The van der Waals surface area contributed by atoms with Crippen molar-refractivity contribution in [1.82, 2.24) is 10.3 Å². The molecule has 0 rings (SSSR count). The molecule has 90 valence electrons. The lowest BCUT2D eigenvalue weighted by atomic mass is 10.4. The van der Waals surface area contributed by atoms with Gasteiger partial charge in [-0.3, -0.25) is 10.4 Å². The van der Waals surface area contributed by atoms with Crippen molar-refractivity contribution in [2.45, 2.75) is 26.4 Å². The Labute approximate surface area is 87.3 Å². The van der Waals surface area contributed by atoms with Gasteiger partial charge in [0.05, 0.1) is 0 Å². The minimum atomic E-state index is -4.25. The molecule has 0 saturated heterocycles. The van der Waals surface area contributed by atoms with Gasteiger partial charge in [0.1, 0.15) is 6.54 Å². The zero-order chi connectivity index (χ0) is 11.9. The fraction of sp³-hybridized carbons (Fsp3) is 0.875. The van der Waals surface area contributed by atoms with Crippen molar-refractivity contribution in [3.05, 3.63) is 0 Å². The van der Waals surface area contributed by atoms with Gasteiger partial charge < -0.3 is 4.90 Å². The summed E-state index contributed by atoms with van der Waals surface area (Å²) in [5.41, 5.74) is 2.19. The molecular weight excluding hydrogens is 209 g/mol. The standard InChI is InChI=1S/C8H17F3N4/c1-3-5-15(6-8(9,10)11)7(14-12)13-4-2/h3-6,12H2,1-2H3,(H,13,14). The molecule has 7 heteroatoms. The second kappa shape index (κ2) is 6.49. The Morgan fingerprint density at radius 3 is 2.33 bits per heavy atom. The van der Waals surface area contributed by atoms with Crippen LogP contribution in [-0.2, 0) is 0 Å². The lowest BCUT2D eigenvalue weighted by molar-refractivity contribution is -0.138. The summed E-state index contributed by atoms with van der Waals surface area (Å²) < 4.78 is 36.6. The van der Waals surface area contributed by atoms with Gasteiger partial charge in [-0.1, -0.05) is 6.92 Å². The number of halogens is 3. The zero-order valence-electron chi connectivity index (χ0n) is 8.93. The molecule has 0 fully saturated rings. The van der Waals surface area contributed by atoms with Gasteiger partial charge in [0.2, 0.25) is 5.96 Å². The summed E-state index contributed by atoms with van der Waals surface area (Å²) in [6.45, 7) is 3.14. The molecular formula is C8H17F3N4. The van der Waals surface area contributed by atoms with Crippen molar-refractivity contribution in [3.63, 3.8) is 0 Å². The summed E-state index contributed by atoms with van der Waals surface area (Å²) in [6, 6.07) is 0. The molecule has 0 aromatic rings. The fourth-order valence-corrected chi connectivity index (χ4v) is 1.13. The maximum absolute atomic E-state index is 12.2. The van der Waals surface area contributed by atoms with Gasteiger partial charge in [-0.15, -0.1) is 0 Å². The van der Waals surface area contributed by atoms with Crippen molar-refractivity contribution < 1.29 is 13.2 Å². The van der Waals surface area contributed by atoms with Crippen LogP contribution in [0.15, 0.2) is 4.99 Å². The third kappa shape index (κ3) is 6.16. The Morgan fingerprint density at radius 1 is 1.40 bits per heavy atom. The van der Waals surface area contributed by atoms with E-state index >= 15 is 0 Å². The van der Waals surface area contributed by atoms with Crippen LogP contribution in [0.1, 0.15) is 20.3 Å². The van der Waals surface area contributed by atoms with Gasteiger partial charge in [0.25, 0.3) is 0 Å². The molecule has 4 nitrogen and oxygen atoms in total. The highest BCUT2D eigenvalue weighted by atomic mass is 19.4. The first-order chi connectivity index (χ1) is 6.94. The molecule has 0 atom stereocenters. The van der Waals surface area contributed by atoms with Crippen LogP contribution in [0.5, 0.6) is 0 Å². The lowest BCUT2D eigenvalue weighted by Gasteiger charge is -2.25. The number of guanidine groups is 1. The number of aliphatic imine (C=N–C) groups is 1. The van der Waals surface area contributed by atoms with Crippen molar-refractivity contribution in [1.29, 1.82) is 0 Å². The van der Waals surface area contributed by atoms with Gasteiger partial charge in [0, 0.05) is 13.1 Å². The van der Waals surface area contributed by atoms with Crippen molar-refractivity contribution in [3.8, 4) is 0 Å². The second-order valence-corrected chi connectivity index (χ2v) is 2.98. The summed E-state index contributed by atoms with van der Waals surface area (Å²) in [7, 11) is 0. The third-order valence-corrected chi connectivity index (χ3v) is 1.60. The molecule has 0 aromatic heterocycles. The average Bonchev–Trinajstić information content (AvgIpc) is 2.11. The molecule has 15 heavy (non-hydrogen) atoms. The van der Waals surface area contributed by atoms with Crippen LogP contribution in [0.3, 0.4) is 0 Å². The fourth-order valence-electron chi connectivity index (χ4n) is 1.13. The summed E-state index contributed by atoms with van der Waals surface area (Å²) in [5, 5.41) is 0. The van der Waals surface area contributed by atoms with Crippen LogP contribution in [0, 0.1) is 0 Å². The first kappa shape index (κ1) is 14.0. The molecule has 0 saturated carbocycles. The summed E-state index contributed by atoms with van der Waals surface area (Å²) in [5.74, 6) is 5.20. The van der Waals surface area contributed by atoms with Crippen LogP contribution in [-0.4, -0.2) is 36.7 Å². The van der Waals surface area contributed by atoms with E-state index in [9.17, 15) is 13.2 Å². The van der Waals surface area contributed by atoms with Crippen LogP contribution in [0.25, 0.3) is 0 Å². The minimum absolute atomic E-state index is 0.0803. The highest BCUT2D eigenvalue weighted by Gasteiger charge is 2.31. The van der Waals surface area contributed by atoms with Crippen molar-refractivity contribution >= 4 is 5.96 Å². The highest BCUT2D eigenvalue weighted by Crippen LogP contribution is 2.16. The second-order valence-electron chi connectivity index (χ2n) is 2.98. The Hall–Kier alpha value is -0.980. The van der Waals surface area contributed by atoms with Crippen LogP contribution in [0.2, 0.25) is 0 Å². The number of nitrogens with two attached hydrogens (primary N) is 1. The van der Waals surface area contributed by atoms with Crippen LogP contribution in [0.4, 0.5) is 13.2 Å². The van der Waals surface area contributed by atoms with Crippen LogP contribution < -0.4 is 11.3 Å². The maximum atomic E-state index is 12.2. The van der Waals surface area contributed by atoms with Gasteiger partial charge in [-0.2, -0.15) is 13.2 Å². The van der Waals surface area contributed by atoms with Crippen molar-refractivity contribution in [2.75, 3.05) is 19.6 Å². The van der Waals surface area contributed by atoms with Gasteiger partial charge >= 0.3 is 6.18 Å². The zero-order valence-corrected chi connectivity index (χ0v) is 8.93. The number of hydrogen-bond donors (Lipinski definition) is 2. The topological polar surface area (TPSA) is 53.6 Å². The Morgan fingerprint density at radius 2 is 2.00 bits per heavy atom. The van der Waals surface area contributed by atoms with Gasteiger partial charge in [0.15, 0.2) is 0 Å². The Balaban J connectivity index is 4.55. The first-order valence-corrected chi connectivity index (χ1v) is 4.77. The highest BCUT2D eigenvalue weighted by molar-refractivity contribution is 5.79. The molecule has 0 bridgehead atoms. The quantitative estimate of drug-likeness (QED) is 0.326. The van der Waals surface area contributed by atoms with E-state index in [1.165, 1.54) is 0 Å². The molecule has 0 unspecified atom stereocenters. The van der Waals surface area contributed by atoms with Crippen LogP contribution >= 0.6 is 0 Å². The maximum Gasteiger partial charge on any atom is 0.406 e. The Bertz CT molecular complexity index is 203. The number of hydrazine groups is 1. The predicted molar refractivity (Wildman–Crippen MR) is 53.2 cm³/mol. The van der Waals surface area contributed by atoms with E-state index in [0.717, 1.165) is 4.90 Å². The van der Waals surface area contributed by atoms with E-state index in [0.29, 0.717) is 13.0 Å². The average molecular weight is 226 g/mol. The molecule has 0 amide bonds. The Kier molecular flexibility index (Phi) is 6.07. The molecule has 0 heterocycles. The summed E-state index contributed by atoms with van der Waals surface area (Å²) in [4.78, 5) is 4.94. The largest absolute Gasteiger partial charge is 0.406 e. The number of hydrogen-bond acceptors (Lipinski definition) is 2. The smallest absolute Gasteiger partial charge is 0.333 e. The number of alkyl halides is 3. The number of rotatable bonds is 4. The van der Waals surface area contributed by atoms with E-state index in [-0.39, 0.29) is 12.5 Å². The molecule has 0 aliphatic carbocycles. The van der Waals surface area contributed by atoms with E-state index in [1.54, 1.807) is 13.8 Å². The molecule has 3 N–H and O–H groups in total. The SMILES string of the molecule is CCCN(CC(F)(F)F)C(=NCC)NN. The van der Waals surface area contributed by atoms with Gasteiger partial charge in [-0.25, -0.2) is 5.84 Å². The third-order valence-electron chi connectivity index (χ3n) is 1.60. The summed E-state index contributed by atoms with van der Waals surface area (Å²) >= 11 is 0. The lowest BCUT2D eigenvalue weighted by Crippen LogP contribution is -2.48. The van der Waals surface area contributed by atoms with E-state index in [1.807, 2.05) is 0 Å². The van der Waals surface area contributed by atoms with E-state index < -0.39 is 12.7 Å². The molecule has 0 radical (unpaired) electrons. The normalized spacial score (nSPS) is 12.8. The number of nitrogens with zero attached hydrogens (tertiary/aromatic N) is 2. The summed E-state index contributed by atoms with van der Waals surface area (Å²) in [6.07, 6.45) is -3.65. The van der Waals surface area contributed by atoms with Crippen molar-refractivity contribution in [2.24, 2.45) is 10.8 Å².